The molecule has 0 atom stereocenters. The van der Waals surface area contributed by atoms with Crippen LogP contribution in [0.1, 0.15) is 11.3 Å². The molecule has 0 bridgehead atoms. The summed E-state index contributed by atoms with van der Waals surface area (Å²) in [7, 11) is -3.43. The van der Waals surface area contributed by atoms with Crippen LogP contribution in [-0.4, -0.2) is 62.3 Å². The highest BCUT2D eigenvalue weighted by molar-refractivity contribution is 7.91. The lowest BCUT2D eigenvalue weighted by atomic mass is 10.3. The van der Waals surface area contributed by atoms with Gasteiger partial charge in [0.15, 0.2) is 0 Å². The molecule has 23 heavy (non-hydrogen) atoms. The summed E-state index contributed by atoms with van der Waals surface area (Å²) >= 11 is 1.27. The molecule has 2 rings (SSSR count). The van der Waals surface area contributed by atoms with Gasteiger partial charge in [0.1, 0.15) is 4.21 Å². The molecule has 0 aliphatic carbocycles. The van der Waals surface area contributed by atoms with Crippen LogP contribution in [0.15, 0.2) is 16.3 Å². The van der Waals surface area contributed by atoms with Gasteiger partial charge in [0, 0.05) is 44.0 Å². The third kappa shape index (κ3) is 4.74. The molecule has 0 aromatic carbocycles. The van der Waals surface area contributed by atoms with Gasteiger partial charge in [-0.25, -0.2) is 13.2 Å². The second-order valence-electron chi connectivity index (χ2n) is 5.27. The summed E-state index contributed by atoms with van der Waals surface area (Å²) in [6.07, 6.45) is 0.153. The molecule has 10 heteroatoms. The average molecular weight is 360 g/mol. The minimum atomic E-state index is -3.43. The Morgan fingerprint density at radius 2 is 1.91 bits per heavy atom. The zero-order valence-corrected chi connectivity index (χ0v) is 14.5. The van der Waals surface area contributed by atoms with E-state index in [0.29, 0.717) is 36.9 Å². The predicted octanol–water partition coefficient (Wildman–Crippen LogP) is -0.0522. The Hall–Kier alpha value is -1.49. The van der Waals surface area contributed by atoms with Crippen molar-refractivity contribution >= 4 is 33.3 Å². The minimum Gasteiger partial charge on any atom is -0.351 e. The molecule has 0 unspecified atom stereocenters. The van der Waals surface area contributed by atoms with E-state index in [1.807, 2.05) is 17.1 Å². The van der Waals surface area contributed by atoms with E-state index in [4.69, 9.17) is 5.73 Å². The molecular weight excluding hydrogens is 340 g/mol. The van der Waals surface area contributed by atoms with Crippen LogP contribution in [-0.2, 0) is 14.8 Å². The van der Waals surface area contributed by atoms with Gasteiger partial charge in [0.25, 0.3) is 10.0 Å². The quantitative estimate of drug-likeness (QED) is 0.764. The number of primary amides is 1. The summed E-state index contributed by atoms with van der Waals surface area (Å²) in [5, 5.41) is 2.01. The zero-order valence-electron chi connectivity index (χ0n) is 12.8. The van der Waals surface area contributed by atoms with Crippen LogP contribution in [0.2, 0.25) is 0 Å². The Balaban J connectivity index is 1.84. The largest absolute Gasteiger partial charge is 0.351 e. The summed E-state index contributed by atoms with van der Waals surface area (Å²) in [6, 6.07) is 2.57. The van der Waals surface area contributed by atoms with E-state index in [1.54, 1.807) is 12.1 Å². The van der Waals surface area contributed by atoms with E-state index in [0.717, 1.165) is 4.88 Å². The minimum absolute atomic E-state index is 0.153. The molecule has 1 fully saturated rings. The van der Waals surface area contributed by atoms with Gasteiger partial charge >= 0.3 is 6.03 Å². The van der Waals surface area contributed by atoms with Crippen molar-refractivity contribution in [2.24, 2.45) is 5.73 Å². The van der Waals surface area contributed by atoms with Crippen molar-refractivity contribution in [1.29, 1.82) is 0 Å². The number of piperazine rings is 1. The van der Waals surface area contributed by atoms with Crippen LogP contribution in [0.3, 0.4) is 0 Å². The molecule has 0 radical (unpaired) electrons. The molecule has 2 heterocycles. The summed E-state index contributed by atoms with van der Waals surface area (Å²) in [5.74, 6) is -0.429. The molecule has 8 nitrogen and oxygen atoms in total. The maximum Gasteiger partial charge on any atom is 0.318 e. The molecule has 1 aromatic rings. The normalized spacial score (nSPS) is 17.1. The van der Waals surface area contributed by atoms with Gasteiger partial charge in [-0.15, -0.1) is 11.3 Å². The lowest BCUT2D eigenvalue weighted by Crippen LogP contribution is -2.49. The van der Waals surface area contributed by atoms with Gasteiger partial charge in [-0.05, 0) is 19.1 Å². The van der Waals surface area contributed by atoms with Crippen molar-refractivity contribution in [3.8, 4) is 0 Å². The number of urea groups is 1. The number of nitrogens with zero attached hydrogens (tertiary/aromatic N) is 2. The summed E-state index contributed by atoms with van der Waals surface area (Å²) in [6.45, 7) is 4.21. The number of aryl methyl sites for hydroxylation is 1. The Morgan fingerprint density at radius 1 is 1.26 bits per heavy atom. The number of carbonyl (C=O) groups is 2. The lowest BCUT2D eigenvalue weighted by molar-refractivity contribution is -0.120. The Bertz CT molecular complexity index is 678. The van der Waals surface area contributed by atoms with Crippen LogP contribution in [0.5, 0.6) is 0 Å². The SMILES string of the molecule is Cc1ccc(S(=O)(=O)N2CCN(CCC(=O)NC(N)=O)CC2)s1. The molecule has 0 spiro atoms. The molecule has 3 N–H and O–H groups in total. The topological polar surface area (TPSA) is 113 Å². The van der Waals surface area contributed by atoms with Crippen molar-refractivity contribution in [2.45, 2.75) is 17.6 Å². The number of rotatable bonds is 5. The van der Waals surface area contributed by atoms with E-state index >= 15 is 0 Å². The van der Waals surface area contributed by atoms with Gasteiger partial charge < -0.3 is 10.6 Å². The van der Waals surface area contributed by atoms with Crippen LogP contribution < -0.4 is 11.1 Å². The number of imide groups is 1. The number of nitrogens with one attached hydrogen (secondary N) is 1. The van der Waals surface area contributed by atoms with E-state index in [1.165, 1.54) is 15.6 Å². The third-order valence-electron chi connectivity index (χ3n) is 3.56. The van der Waals surface area contributed by atoms with Crippen molar-refractivity contribution in [3.63, 3.8) is 0 Å². The number of sulfonamides is 1. The smallest absolute Gasteiger partial charge is 0.318 e. The van der Waals surface area contributed by atoms with Crippen molar-refractivity contribution < 1.29 is 18.0 Å². The van der Waals surface area contributed by atoms with E-state index < -0.39 is 22.0 Å². The number of hydrogen-bond acceptors (Lipinski definition) is 6. The Labute approximate surface area is 139 Å². The first-order valence-corrected chi connectivity index (χ1v) is 9.43. The molecule has 1 aromatic heterocycles. The van der Waals surface area contributed by atoms with Crippen LogP contribution >= 0.6 is 11.3 Å². The fraction of sp³-hybridized carbons (Fsp3) is 0.538. The van der Waals surface area contributed by atoms with E-state index in [9.17, 15) is 18.0 Å². The predicted molar refractivity (Wildman–Crippen MR) is 86.6 cm³/mol. The first-order valence-electron chi connectivity index (χ1n) is 7.17. The second-order valence-corrected chi connectivity index (χ2v) is 8.73. The van der Waals surface area contributed by atoms with E-state index in [2.05, 4.69) is 0 Å². The first-order chi connectivity index (χ1) is 10.8. The number of hydrogen-bond donors (Lipinski definition) is 2. The van der Waals surface area contributed by atoms with Gasteiger partial charge in [-0.2, -0.15) is 4.31 Å². The summed E-state index contributed by atoms with van der Waals surface area (Å²) < 4.78 is 26.8. The monoisotopic (exact) mass is 360 g/mol. The third-order valence-corrected chi connectivity index (χ3v) is 6.93. The second kappa shape index (κ2) is 7.39. The number of thiophene rings is 1. The van der Waals surface area contributed by atoms with Gasteiger partial charge in [-0.1, -0.05) is 0 Å². The first kappa shape index (κ1) is 17.9. The standard InChI is InChI=1S/C13H20N4O4S2/c1-10-2-3-12(22-10)23(20,21)17-8-6-16(7-9-17)5-4-11(18)15-13(14)19/h2-3H,4-9H2,1H3,(H3,14,15,18,19). The van der Waals surface area contributed by atoms with Crippen molar-refractivity contribution in [2.75, 3.05) is 32.7 Å². The van der Waals surface area contributed by atoms with Crippen LogP contribution in [0.25, 0.3) is 0 Å². The van der Waals surface area contributed by atoms with Crippen LogP contribution in [0.4, 0.5) is 4.79 Å². The number of amides is 3. The highest BCUT2D eigenvalue weighted by Gasteiger charge is 2.29. The molecular formula is C13H20N4O4S2. The molecule has 3 amide bonds. The number of nitrogens with two attached hydrogens (primary N) is 1. The maximum atomic E-state index is 12.5. The van der Waals surface area contributed by atoms with E-state index in [-0.39, 0.29) is 6.42 Å². The maximum absolute atomic E-state index is 12.5. The van der Waals surface area contributed by atoms with Crippen LogP contribution in [0, 0.1) is 6.92 Å². The Kier molecular flexibility index (Phi) is 5.74. The van der Waals surface area contributed by atoms with Gasteiger partial charge in [0.05, 0.1) is 0 Å². The average Bonchev–Trinajstić information content (AvgIpc) is 2.92. The zero-order chi connectivity index (χ0) is 17.0. The highest BCUT2D eigenvalue weighted by Crippen LogP contribution is 2.25. The molecule has 1 saturated heterocycles. The van der Waals surface area contributed by atoms with Crippen molar-refractivity contribution in [1.82, 2.24) is 14.5 Å². The highest BCUT2D eigenvalue weighted by atomic mass is 32.2. The molecule has 128 valence electrons. The summed E-state index contributed by atoms with van der Waals surface area (Å²) in [5.41, 5.74) is 4.87. The Morgan fingerprint density at radius 3 is 2.43 bits per heavy atom. The fourth-order valence-corrected chi connectivity index (χ4v) is 5.19. The molecule has 1 aliphatic heterocycles. The van der Waals surface area contributed by atoms with Crippen molar-refractivity contribution in [3.05, 3.63) is 17.0 Å². The molecule has 0 saturated carbocycles. The van der Waals surface area contributed by atoms with Gasteiger partial charge in [-0.3, -0.25) is 10.1 Å². The fourth-order valence-electron chi connectivity index (χ4n) is 2.33. The van der Waals surface area contributed by atoms with Gasteiger partial charge in [0.2, 0.25) is 5.91 Å². The molecule has 1 aliphatic rings. The summed E-state index contributed by atoms with van der Waals surface area (Å²) in [4.78, 5) is 24.9. The number of carbonyl (C=O) groups excluding carboxylic acids is 2. The lowest BCUT2D eigenvalue weighted by Gasteiger charge is -2.33.